The van der Waals surface area contributed by atoms with Crippen molar-refractivity contribution in [3.8, 4) is 0 Å². The summed E-state index contributed by atoms with van der Waals surface area (Å²) in [4.78, 5) is 11.8. The second kappa shape index (κ2) is 6.57. The fourth-order valence-electron chi connectivity index (χ4n) is 2.71. The molecule has 23 heavy (non-hydrogen) atoms. The first-order valence-corrected chi connectivity index (χ1v) is 8.03. The van der Waals surface area contributed by atoms with Crippen LogP contribution in [0.4, 0.5) is 0 Å². The zero-order valence-corrected chi connectivity index (χ0v) is 13.9. The van der Waals surface area contributed by atoms with Gasteiger partial charge >= 0.3 is 5.63 Å². The summed E-state index contributed by atoms with van der Waals surface area (Å²) in [5.41, 5.74) is 3.38. The highest BCUT2D eigenvalue weighted by Gasteiger charge is 2.12. The van der Waals surface area contributed by atoms with E-state index in [0.29, 0.717) is 23.2 Å². The monoisotopic (exact) mass is 328 g/mol. The molecule has 3 rings (SSSR count). The Morgan fingerprint density at radius 1 is 1.17 bits per heavy atom. The van der Waals surface area contributed by atoms with Gasteiger partial charge in [-0.15, -0.1) is 0 Å². The summed E-state index contributed by atoms with van der Waals surface area (Å²) in [6, 6.07) is 15.9. The molecule has 0 saturated heterocycles. The molecule has 0 aliphatic carbocycles. The van der Waals surface area contributed by atoms with Gasteiger partial charge in [-0.25, -0.2) is 4.79 Å². The van der Waals surface area contributed by atoms with E-state index in [2.05, 4.69) is 24.4 Å². The first-order valence-electron chi connectivity index (χ1n) is 7.66. The Morgan fingerprint density at radius 3 is 2.65 bits per heavy atom. The Hall–Kier alpha value is -2.10. The lowest BCUT2D eigenvalue weighted by atomic mass is 10.1. The molecule has 0 bridgehead atoms. The van der Waals surface area contributed by atoms with Gasteiger partial charge < -0.3 is 9.73 Å². The van der Waals surface area contributed by atoms with Gasteiger partial charge in [0, 0.05) is 27.6 Å². The van der Waals surface area contributed by atoms with E-state index < -0.39 is 0 Å². The van der Waals surface area contributed by atoms with E-state index in [1.165, 1.54) is 5.56 Å². The molecular weight excluding hydrogens is 310 g/mol. The first kappa shape index (κ1) is 15.8. The molecule has 0 radical (unpaired) electrons. The number of hydrogen-bond acceptors (Lipinski definition) is 2. The number of aryl methyl sites for hydroxylation is 1. The average Bonchev–Trinajstić information content (AvgIpc) is 2.55. The summed E-state index contributed by atoms with van der Waals surface area (Å²) < 4.78 is 5.30. The third-order valence-electron chi connectivity index (χ3n) is 4.13. The van der Waals surface area contributed by atoms with E-state index in [0.717, 1.165) is 16.5 Å². The smallest absolute Gasteiger partial charge is 0.336 e. The summed E-state index contributed by atoms with van der Waals surface area (Å²) in [5, 5.41) is 3.79. The summed E-state index contributed by atoms with van der Waals surface area (Å²) in [6.07, 6.45) is 0. The molecule has 0 saturated carbocycles. The van der Waals surface area contributed by atoms with Gasteiger partial charge in [0.15, 0.2) is 0 Å². The lowest BCUT2D eigenvalue weighted by Gasteiger charge is -2.12. The van der Waals surface area contributed by atoms with Gasteiger partial charge in [-0.3, -0.25) is 0 Å². The summed E-state index contributed by atoms with van der Waals surface area (Å²) in [5.74, 6) is 0. The molecule has 0 aliphatic rings. The number of hydrogen-bond donors (Lipinski definition) is 1. The Kier molecular flexibility index (Phi) is 4.51. The number of rotatable bonds is 4. The van der Waals surface area contributed by atoms with Crippen LogP contribution in [0.3, 0.4) is 0 Å². The predicted octanol–water partition coefficient (Wildman–Crippen LogP) is 3.58. The van der Waals surface area contributed by atoms with Gasteiger partial charge in [0.2, 0.25) is 0 Å². The van der Waals surface area contributed by atoms with Gasteiger partial charge in [-0.1, -0.05) is 41.9 Å². The molecule has 0 spiro atoms. The van der Waals surface area contributed by atoms with Gasteiger partial charge in [0.05, 0.1) is 0 Å². The quantitative estimate of drug-likeness (QED) is 0.744. The third kappa shape index (κ3) is 3.46. The standard InChI is InChI=1S/C19H18ClNO2/c1-12-8-18-16(10-17(12)20)15(9-19(22)23-18)11-21-13(2)14-6-4-3-5-7-14/h3-10,13,21H,11H2,1-2H3/p+1/t13-/m0/s1. The van der Waals surface area contributed by atoms with Crippen molar-refractivity contribution >= 4 is 22.6 Å². The Morgan fingerprint density at radius 2 is 1.91 bits per heavy atom. The molecule has 1 atom stereocenters. The molecule has 118 valence electrons. The Bertz CT molecular complexity index is 887. The molecule has 2 aromatic carbocycles. The molecule has 0 aliphatic heterocycles. The van der Waals surface area contributed by atoms with Crippen molar-refractivity contribution < 1.29 is 9.73 Å². The van der Waals surface area contributed by atoms with Crippen molar-refractivity contribution in [1.82, 2.24) is 0 Å². The van der Waals surface area contributed by atoms with Crippen molar-refractivity contribution in [2.75, 3.05) is 0 Å². The van der Waals surface area contributed by atoms with Crippen LogP contribution in [0.1, 0.15) is 29.7 Å². The molecule has 1 aromatic heterocycles. The van der Waals surface area contributed by atoms with E-state index in [9.17, 15) is 4.79 Å². The van der Waals surface area contributed by atoms with Crippen LogP contribution in [0.5, 0.6) is 0 Å². The minimum absolute atomic E-state index is 0.305. The van der Waals surface area contributed by atoms with Crippen LogP contribution in [0, 0.1) is 6.92 Å². The van der Waals surface area contributed by atoms with Crippen LogP contribution < -0.4 is 10.9 Å². The SMILES string of the molecule is Cc1cc2oc(=O)cc(C[NH2+][C@@H](C)c3ccccc3)c2cc1Cl. The van der Waals surface area contributed by atoms with Crippen LogP contribution in [0.25, 0.3) is 11.0 Å². The van der Waals surface area contributed by atoms with Gasteiger partial charge in [-0.05, 0) is 31.5 Å². The number of benzene rings is 2. The number of halogens is 1. The van der Waals surface area contributed by atoms with Gasteiger partial charge in [0.1, 0.15) is 18.2 Å². The van der Waals surface area contributed by atoms with Gasteiger partial charge in [0.25, 0.3) is 0 Å². The molecule has 4 heteroatoms. The zero-order valence-electron chi connectivity index (χ0n) is 13.2. The molecule has 3 nitrogen and oxygen atoms in total. The van der Waals surface area contributed by atoms with Crippen molar-refractivity contribution in [3.63, 3.8) is 0 Å². The topological polar surface area (TPSA) is 46.8 Å². The molecule has 3 aromatic rings. The molecule has 2 N–H and O–H groups in total. The van der Waals surface area contributed by atoms with E-state index in [4.69, 9.17) is 16.0 Å². The molecule has 0 fully saturated rings. The average molecular weight is 329 g/mol. The highest BCUT2D eigenvalue weighted by Crippen LogP contribution is 2.24. The number of fused-ring (bicyclic) bond motifs is 1. The van der Waals surface area contributed by atoms with Crippen LogP contribution in [0.15, 0.2) is 57.7 Å². The van der Waals surface area contributed by atoms with Crippen LogP contribution in [-0.2, 0) is 6.54 Å². The van der Waals surface area contributed by atoms with E-state index in [1.807, 2.05) is 37.3 Å². The summed E-state index contributed by atoms with van der Waals surface area (Å²) in [7, 11) is 0. The van der Waals surface area contributed by atoms with Crippen LogP contribution in [0.2, 0.25) is 5.02 Å². The number of quaternary nitrogens is 1. The lowest BCUT2D eigenvalue weighted by Crippen LogP contribution is -2.83. The maximum atomic E-state index is 11.8. The molecule has 0 unspecified atom stereocenters. The minimum Gasteiger partial charge on any atom is -0.423 e. The van der Waals surface area contributed by atoms with E-state index in [-0.39, 0.29) is 5.63 Å². The second-order valence-electron chi connectivity index (χ2n) is 5.83. The van der Waals surface area contributed by atoms with Crippen LogP contribution >= 0.6 is 11.6 Å². The highest BCUT2D eigenvalue weighted by atomic mass is 35.5. The molecule has 1 heterocycles. The fourth-order valence-corrected chi connectivity index (χ4v) is 2.88. The third-order valence-corrected chi connectivity index (χ3v) is 4.53. The van der Waals surface area contributed by atoms with Crippen molar-refractivity contribution in [2.24, 2.45) is 0 Å². The maximum Gasteiger partial charge on any atom is 0.336 e. The molecule has 0 amide bonds. The number of nitrogens with two attached hydrogens (primary N) is 1. The fraction of sp³-hybridized carbons (Fsp3) is 0.211. The van der Waals surface area contributed by atoms with E-state index in [1.54, 1.807) is 6.07 Å². The summed E-state index contributed by atoms with van der Waals surface area (Å²) >= 11 is 6.23. The Labute approximate surface area is 139 Å². The van der Waals surface area contributed by atoms with Gasteiger partial charge in [-0.2, -0.15) is 0 Å². The van der Waals surface area contributed by atoms with Crippen molar-refractivity contribution in [3.05, 3.63) is 80.7 Å². The largest absolute Gasteiger partial charge is 0.423 e. The second-order valence-corrected chi connectivity index (χ2v) is 6.23. The van der Waals surface area contributed by atoms with Crippen LogP contribution in [-0.4, -0.2) is 0 Å². The normalized spacial score (nSPS) is 12.5. The summed E-state index contributed by atoms with van der Waals surface area (Å²) in [6.45, 7) is 4.75. The first-order chi connectivity index (χ1) is 11.0. The Balaban J connectivity index is 1.91. The predicted molar refractivity (Wildman–Crippen MR) is 92.7 cm³/mol. The lowest BCUT2D eigenvalue weighted by molar-refractivity contribution is -0.707. The van der Waals surface area contributed by atoms with Crippen molar-refractivity contribution in [1.29, 1.82) is 0 Å². The van der Waals surface area contributed by atoms with Crippen molar-refractivity contribution in [2.45, 2.75) is 26.4 Å². The molecular formula is C19H19ClNO2+. The maximum absolute atomic E-state index is 11.8. The zero-order chi connectivity index (χ0) is 16.4. The highest BCUT2D eigenvalue weighted by molar-refractivity contribution is 6.32. The van der Waals surface area contributed by atoms with E-state index >= 15 is 0 Å². The minimum atomic E-state index is -0.324.